The zero-order valence-corrected chi connectivity index (χ0v) is 17.9. The summed E-state index contributed by atoms with van der Waals surface area (Å²) in [4.78, 5) is 35.1. The van der Waals surface area contributed by atoms with Crippen LogP contribution in [-0.4, -0.2) is 33.4 Å². The molecule has 164 valence electrons. The molecule has 0 saturated carbocycles. The average Bonchev–Trinajstić information content (AvgIpc) is 3.39. The Morgan fingerprint density at radius 1 is 1.06 bits per heavy atom. The third-order valence-electron chi connectivity index (χ3n) is 5.74. The molecule has 1 fully saturated rings. The number of nitrogens with zero attached hydrogens (tertiary/aromatic N) is 2. The van der Waals surface area contributed by atoms with Crippen LogP contribution in [0, 0.1) is 0 Å². The predicted octanol–water partition coefficient (Wildman–Crippen LogP) is 4.59. The first kappa shape index (κ1) is 20.5. The summed E-state index contributed by atoms with van der Waals surface area (Å²) in [5.41, 5.74) is 2.51. The van der Waals surface area contributed by atoms with Crippen molar-refractivity contribution in [3.05, 3.63) is 96.0 Å². The Labute approximate surface area is 190 Å². The number of aromatic nitrogens is 2. The monoisotopic (exact) mass is 439 g/mol. The van der Waals surface area contributed by atoms with Gasteiger partial charge >= 0.3 is 0 Å². The molecule has 1 unspecified atom stereocenters. The van der Waals surface area contributed by atoms with Crippen LogP contribution < -0.4 is 9.64 Å². The topological polar surface area (TPSA) is 95.5 Å². The maximum atomic E-state index is 13.3. The zero-order valence-electron chi connectivity index (χ0n) is 17.9. The maximum Gasteiger partial charge on any atom is 0.300 e. The molecule has 0 aliphatic carbocycles. The molecular weight excluding hydrogens is 418 g/mol. The summed E-state index contributed by atoms with van der Waals surface area (Å²) < 4.78 is 5.50. The van der Waals surface area contributed by atoms with E-state index in [2.05, 4.69) is 9.97 Å². The smallest absolute Gasteiger partial charge is 0.300 e. The van der Waals surface area contributed by atoms with E-state index < -0.39 is 17.7 Å². The predicted molar refractivity (Wildman–Crippen MR) is 125 cm³/mol. The van der Waals surface area contributed by atoms with Gasteiger partial charge in [-0.15, -0.1) is 0 Å². The van der Waals surface area contributed by atoms with Crippen LogP contribution in [0.4, 0.5) is 5.69 Å². The van der Waals surface area contributed by atoms with Gasteiger partial charge in [0.25, 0.3) is 11.7 Å². The van der Waals surface area contributed by atoms with Crippen molar-refractivity contribution < 1.29 is 19.4 Å². The number of hydrogen-bond acceptors (Lipinski definition) is 5. The first-order valence-corrected chi connectivity index (χ1v) is 10.6. The van der Waals surface area contributed by atoms with Crippen LogP contribution in [0.15, 0.2) is 84.8 Å². The number of hydrogen-bond donors (Lipinski definition) is 2. The van der Waals surface area contributed by atoms with E-state index in [1.54, 1.807) is 55.0 Å². The minimum atomic E-state index is -0.806. The highest BCUT2D eigenvalue weighted by Gasteiger charge is 2.47. The van der Waals surface area contributed by atoms with Crippen LogP contribution in [0.2, 0.25) is 0 Å². The fraction of sp³-hybridized carbons (Fsp3) is 0.115. The molecular formula is C26H21N3O4. The van der Waals surface area contributed by atoms with E-state index in [0.29, 0.717) is 29.2 Å². The lowest BCUT2D eigenvalue weighted by Gasteiger charge is -2.25. The van der Waals surface area contributed by atoms with Crippen molar-refractivity contribution in [2.75, 3.05) is 11.5 Å². The number of nitrogens with one attached hydrogen (secondary N) is 1. The van der Waals surface area contributed by atoms with Crippen LogP contribution in [0.25, 0.3) is 16.7 Å². The van der Waals surface area contributed by atoms with E-state index in [0.717, 1.165) is 10.9 Å². The lowest BCUT2D eigenvalue weighted by Crippen LogP contribution is -2.29. The van der Waals surface area contributed by atoms with Gasteiger partial charge < -0.3 is 14.8 Å². The molecule has 1 saturated heterocycles. The van der Waals surface area contributed by atoms with Crippen LogP contribution in [0.5, 0.6) is 5.75 Å². The molecule has 4 aromatic rings. The van der Waals surface area contributed by atoms with Gasteiger partial charge in [0.1, 0.15) is 11.5 Å². The van der Waals surface area contributed by atoms with Gasteiger partial charge in [0.15, 0.2) is 0 Å². The number of aliphatic hydroxyl groups excluding tert-OH is 1. The number of para-hydroxylation sites is 1. The van der Waals surface area contributed by atoms with Crippen LogP contribution in [0.1, 0.15) is 24.1 Å². The highest BCUT2D eigenvalue weighted by Crippen LogP contribution is 2.43. The maximum absolute atomic E-state index is 13.3. The third kappa shape index (κ3) is 3.43. The highest BCUT2D eigenvalue weighted by atomic mass is 16.5. The van der Waals surface area contributed by atoms with Gasteiger partial charge in [-0.1, -0.05) is 18.2 Å². The Hall–Kier alpha value is -4.39. The molecule has 2 aromatic heterocycles. The van der Waals surface area contributed by atoms with Gasteiger partial charge in [-0.05, 0) is 55.0 Å². The molecule has 1 amide bonds. The summed E-state index contributed by atoms with van der Waals surface area (Å²) in [5.74, 6) is -1.01. The quantitative estimate of drug-likeness (QED) is 0.269. The molecule has 7 nitrogen and oxygen atoms in total. The van der Waals surface area contributed by atoms with Crippen molar-refractivity contribution in [3.63, 3.8) is 0 Å². The van der Waals surface area contributed by atoms with Crippen molar-refractivity contribution in [3.8, 4) is 5.75 Å². The number of Topliss-reactive ketones (excluding diaryl/α,β-unsaturated/α-hetero) is 1. The molecule has 3 heterocycles. The SMILES string of the molecule is CCOc1ccc(N2C(=O)C(=O)/C(=C(\O)c3c[nH]c4ccccc34)C2c2ccncc2)cc1. The van der Waals surface area contributed by atoms with E-state index >= 15 is 0 Å². The Morgan fingerprint density at radius 2 is 1.79 bits per heavy atom. The van der Waals surface area contributed by atoms with Crippen molar-refractivity contribution in [1.29, 1.82) is 0 Å². The fourth-order valence-corrected chi connectivity index (χ4v) is 4.24. The first-order valence-electron chi connectivity index (χ1n) is 10.6. The van der Waals surface area contributed by atoms with Crippen LogP contribution in [0.3, 0.4) is 0 Å². The van der Waals surface area contributed by atoms with Crippen molar-refractivity contribution in [2.45, 2.75) is 13.0 Å². The van der Waals surface area contributed by atoms with Crippen molar-refractivity contribution in [1.82, 2.24) is 9.97 Å². The summed E-state index contributed by atoms with van der Waals surface area (Å²) in [6, 6.07) is 17.1. The van der Waals surface area contributed by atoms with Gasteiger partial charge in [0.2, 0.25) is 0 Å². The number of aromatic amines is 1. The molecule has 1 atom stereocenters. The second-order valence-corrected chi connectivity index (χ2v) is 7.62. The second-order valence-electron chi connectivity index (χ2n) is 7.62. The molecule has 1 aliphatic rings. The van der Waals surface area contributed by atoms with Gasteiger partial charge in [-0.3, -0.25) is 19.5 Å². The number of fused-ring (bicyclic) bond motifs is 1. The number of anilines is 1. The zero-order chi connectivity index (χ0) is 22.9. The highest BCUT2D eigenvalue weighted by molar-refractivity contribution is 6.51. The number of benzene rings is 2. The average molecular weight is 439 g/mol. The Bertz CT molecular complexity index is 1370. The number of H-pyrrole nitrogens is 1. The number of carbonyl (C=O) groups excluding carboxylic acids is 2. The molecule has 0 radical (unpaired) electrons. The first-order chi connectivity index (χ1) is 16.1. The minimum absolute atomic E-state index is 0.0323. The Balaban J connectivity index is 1.69. The van der Waals surface area contributed by atoms with Crippen LogP contribution >= 0.6 is 0 Å². The number of rotatable bonds is 5. The molecule has 2 N–H and O–H groups in total. The number of pyridine rings is 1. The molecule has 0 spiro atoms. The Morgan fingerprint density at radius 3 is 2.52 bits per heavy atom. The summed E-state index contributed by atoms with van der Waals surface area (Å²) in [6.07, 6.45) is 4.84. The van der Waals surface area contributed by atoms with Crippen LogP contribution in [-0.2, 0) is 9.59 Å². The third-order valence-corrected chi connectivity index (χ3v) is 5.74. The van der Waals surface area contributed by atoms with E-state index in [9.17, 15) is 14.7 Å². The van der Waals surface area contributed by atoms with Crippen molar-refractivity contribution >= 4 is 34.0 Å². The van der Waals surface area contributed by atoms with E-state index in [4.69, 9.17) is 4.74 Å². The number of ether oxygens (including phenoxy) is 1. The molecule has 2 aromatic carbocycles. The number of amides is 1. The molecule has 33 heavy (non-hydrogen) atoms. The van der Waals surface area contributed by atoms with Gasteiger partial charge in [-0.2, -0.15) is 0 Å². The molecule has 7 heteroatoms. The van der Waals surface area contributed by atoms with E-state index in [1.165, 1.54) is 4.90 Å². The molecule has 5 rings (SSSR count). The summed E-state index contributed by atoms with van der Waals surface area (Å²) in [7, 11) is 0. The largest absolute Gasteiger partial charge is 0.507 e. The molecule has 0 bridgehead atoms. The minimum Gasteiger partial charge on any atom is -0.507 e. The number of carbonyl (C=O) groups is 2. The summed E-state index contributed by atoms with van der Waals surface area (Å²) in [6.45, 7) is 2.41. The lowest BCUT2D eigenvalue weighted by atomic mass is 9.95. The number of ketones is 1. The lowest BCUT2D eigenvalue weighted by molar-refractivity contribution is -0.132. The molecule has 1 aliphatic heterocycles. The van der Waals surface area contributed by atoms with Gasteiger partial charge in [0, 0.05) is 40.7 Å². The summed E-state index contributed by atoms with van der Waals surface area (Å²) in [5, 5.41) is 12.1. The van der Waals surface area contributed by atoms with E-state index in [1.807, 2.05) is 31.2 Å². The number of aliphatic hydroxyl groups is 1. The normalized spacial score (nSPS) is 17.6. The van der Waals surface area contributed by atoms with Gasteiger partial charge in [0.05, 0.1) is 18.2 Å². The second kappa shape index (κ2) is 8.27. The van der Waals surface area contributed by atoms with Gasteiger partial charge in [-0.25, -0.2) is 0 Å². The fourth-order valence-electron chi connectivity index (χ4n) is 4.24. The summed E-state index contributed by atoms with van der Waals surface area (Å²) >= 11 is 0. The van der Waals surface area contributed by atoms with E-state index in [-0.39, 0.29) is 11.3 Å². The standard InChI is InChI=1S/C26H21N3O4/c1-2-33-18-9-7-17(8-10-18)29-23(16-11-13-27-14-12-16)22(25(31)26(29)32)24(30)20-15-28-21-6-4-3-5-19(20)21/h3-15,23,28,30H,2H2,1H3/b24-22-. The van der Waals surface area contributed by atoms with Crippen molar-refractivity contribution in [2.24, 2.45) is 0 Å². The Kier molecular flexibility index (Phi) is 5.14.